The third-order valence-electron chi connectivity index (χ3n) is 2.88. The van der Waals surface area contributed by atoms with Crippen LogP contribution in [0.3, 0.4) is 0 Å². The van der Waals surface area contributed by atoms with Crippen LogP contribution in [0, 0.1) is 5.82 Å². The number of aliphatic hydroxyl groups excluding tert-OH is 1. The quantitative estimate of drug-likeness (QED) is 0.803. The van der Waals surface area contributed by atoms with Crippen LogP contribution < -0.4 is 5.32 Å². The van der Waals surface area contributed by atoms with Gasteiger partial charge in [-0.25, -0.2) is 4.39 Å². The van der Waals surface area contributed by atoms with Crippen molar-refractivity contribution in [3.8, 4) is 0 Å². The number of benzene rings is 1. The Balaban J connectivity index is 2.72. The molecule has 0 aliphatic carbocycles. The molecule has 2 N–H and O–H groups in total. The van der Waals surface area contributed by atoms with Gasteiger partial charge in [0.25, 0.3) is 0 Å². The van der Waals surface area contributed by atoms with E-state index in [0.29, 0.717) is 30.2 Å². The van der Waals surface area contributed by atoms with E-state index in [9.17, 15) is 4.39 Å². The number of methoxy groups -OCH3 is 1. The molecule has 0 aliphatic heterocycles. The minimum absolute atomic E-state index is 0.0395. The summed E-state index contributed by atoms with van der Waals surface area (Å²) in [6.45, 7) is 2.68. The maximum absolute atomic E-state index is 13.6. The van der Waals surface area contributed by atoms with Gasteiger partial charge in [-0.3, -0.25) is 0 Å². The smallest absolute Gasteiger partial charge is 0.129 e. The fraction of sp³-hybridized carbons (Fsp3) is 0.538. The topological polar surface area (TPSA) is 41.5 Å². The first-order valence-corrected chi connectivity index (χ1v) is 6.18. The molecule has 0 saturated heterocycles. The monoisotopic (exact) mass is 275 g/mol. The molecule has 3 nitrogen and oxygen atoms in total. The van der Waals surface area contributed by atoms with E-state index >= 15 is 0 Å². The largest absolute Gasteiger partial charge is 0.396 e. The average Bonchev–Trinajstić information content (AvgIpc) is 2.29. The van der Waals surface area contributed by atoms with Gasteiger partial charge >= 0.3 is 0 Å². The molecule has 0 saturated carbocycles. The van der Waals surface area contributed by atoms with Crippen LogP contribution in [0.5, 0.6) is 0 Å². The fourth-order valence-electron chi connectivity index (χ4n) is 1.78. The van der Waals surface area contributed by atoms with Crippen molar-refractivity contribution < 1.29 is 14.2 Å². The lowest BCUT2D eigenvalue weighted by Gasteiger charge is -2.30. The van der Waals surface area contributed by atoms with E-state index in [-0.39, 0.29) is 12.4 Å². The Morgan fingerprint density at radius 2 is 2.22 bits per heavy atom. The van der Waals surface area contributed by atoms with Gasteiger partial charge in [-0.2, -0.15) is 0 Å². The molecule has 0 radical (unpaired) electrons. The van der Waals surface area contributed by atoms with Crippen molar-refractivity contribution in [3.05, 3.63) is 34.6 Å². The zero-order valence-electron chi connectivity index (χ0n) is 10.7. The highest BCUT2D eigenvalue weighted by Gasteiger charge is 2.23. The third kappa shape index (κ3) is 4.21. The van der Waals surface area contributed by atoms with Gasteiger partial charge in [-0.15, -0.1) is 0 Å². The molecule has 0 aromatic heterocycles. The van der Waals surface area contributed by atoms with Crippen molar-refractivity contribution in [1.29, 1.82) is 0 Å². The summed E-state index contributed by atoms with van der Waals surface area (Å²) in [7, 11) is 1.59. The van der Waals surface area contributed by atoms with Gasteiger partial charge in [0.05, 0.1) is 6.61 Å². The van der Waals surface area contributed by atoms with E-state index in [1.807, 2.05) is 6.92 Å². The standard InChI is InChI=1S/C13H19ClFNO2/c1-13(6-7-17,9-18-2)16-8-10-11(14)4-3-5-12(10)15/h3-5,16-17H,6-9H2,1-2H3/t13-/m1/s1. The summed E-state index contributed by atoms with van der Waals surface area (Å²) in [4.78, 5) is 0. The average molecular weight is 276 g/mol. The van der Waals surface area contributed by atoms with E-state index in [4.69, 9.17) is 21.4 Å². The molecular weight excluding hydrogens is 257 g/mol. The zero-order valence-corrected chi connectivity index (χ0v) is 11.4. The van der Waals surface area contributed by atoms with Gasteiger partial charge in [0.2, 0.25) is 0 Å². The lowest BCUT2D eigenvalue weighted by Crippen LogP contribution is -2.46. The lowest BCUT2D eigenvalue weighted by atomic mass is 9.99. The van der Waals surface area contributed by atoms with Crippen LogP contribution in [-0.2, 0) is 11.3 Å². The first kappa shape index (κ1) is 15.4. The Kier molecular flexibility index (Phi) is 6.02. The van der Waals surface area contributed by atoms with Crippen LogP contribution in [0.1, 0.15) is 18.9 Å². The number of hydrogen-bond acceptors (Lipinski definition) is 3. The Morgan fingerprint density at radius 3 is 2.78 bits per heavy atom. The highest BCUT2D eigenvalue weighted by molar-refractivity contribution is 6.31. The molecule has 0 amide bonds. The Hall–Kier alpha value is -0.680. The molecule has 5 heteroatoms. The molecular formula is C13H19ClFNO2. The van der Waals surface area contributed by atoms with Crippen molar-refractivity contribution in [1.82, 2.24) is 5.32 Å². The number of ether oxygens (including phenoxy) is 1. The first-order valence-electron chi connectivity index (χ1n) is 5.80. The van der Waals surface area contributed by atoms with E-state index in [1.54, 1.807) is 19.2 Å². The van der Waals surface area contributed by atoms with Crippen molar-refractivity contribution in [2.24, 2.45) is 0 Å². The van der Waals surface area contributed by atoms with Gasteiger partial charge < -0.3 is 15.2 Å². The highest BCUT2D eigenvalue weighted by Crippen LogP contribution is 2.20. The van der Waals surface area contributed by atoms with Gasteiger partial charge in [-0.1, -0.05) is 17.7 Å². The van der Waals surface area contributed by atoms with Crippen molar-refractivity contribution >= 4 is 11.6 Å². The van der Waals surface area contributed by atoms with Crippen LogP contribution in [-0.4, -0.2) is 31.0 Å². The number of aliphatic hydroxyl groups is 1. The molecule has 0 heterocycles. The molecule has 0 spiro atoms. The fourth-order valence-corrected chi connectivity index (χ4v) is 2.01. The molecule has 1 atom stereocenters. The number of halogens is 2. The van der Waals surface area contributed by atoms with E-state index in [1.165, 1.54) is 6.07 Å². The minimum Gasteiger partial charge on any atom is -0.396 e. The number of hydrogen-bond donors (Lipinski definition) is 2. The van der Waals surface area contributed by atoms with Gasteiger partial charge in [0, 0.05) is 36.4 Å². The molecule has 1 rings (SSSR count). The van der Waals surface area contributed by atoms with Crippen LogP contribution in [0.15, 0.2) is 18.2 Å². The zero-order chi connectivity index (χ0) is 13.6. The molecule has 0 fully saturated rings. The molecule has 1 aromatic carbocycles. The maximum Gasteiger partial charge on any atom is 0.129 e. The molecule has 1 aromatic rings. The van der Waals surface area contributed by atoms with Crippen LogP contribution in [0.25, 0.3) is 0 Å². The van der Waals surface area contributed by atoms with Crippen LogP contribution >= 0.6 is 11.6 Å². The Morgan fingerprint density at radius 1 is 1.50 bits per heavy atom. The molecule has 0 unspecified atom stereocenters. The highest BCUT2D eigenvalue weighted by atomic mass is 35.5. The summed E-state index contributed by atoms with van der Waals surface area (Å²) in [5.41, 5.74) is 0.0224. The Labute approximate surface area is 112 Å². The predicted octanol–water partition coefficient (Wildman–Crippen LogP) is 2.36. The SMILES string of the molecule is COC[C@@](C)(CCO)NCc1c(F)cccc1Cl. The van der Waals surface area contributed by atoms with Gasteiger partial charge in [0.1, 0.15) is 5.82 Å². The predicted molar refractivity (Wildman–Crippen MR) is 70.2 cm³/mol. The van der Waals surface area contributed by atoms with E-state index in [0.717, 1.165) is 0 Å². The van der Waals surface area contributed by atoms with Crippen molar-refractivity contribution in [3.63, 3.8) is 0 Å². The summed E-state index contributed by atoms with van der Waals surface area (Å²) >= 11 is 5.95. The lowest BCUT2D eigenvalue weighted by molar-refractivity contribution is 0.0968. The van der Waals surface area contributed by atoms with Gasteiger partial charge in [0.15, 0.2) is 0 Å². The summed E-state index contributed by atoms with van der Waals surface area (Å²) in [6.07, 6.45) is 0.521. The summed E-state index contributed by atoms with van der Waals surface area (Å²) in [6, 6.07) is 4.60. The van der Waals surface area contributed by atoms with E-state index in [2.05, 4.69) is 5.32 Å². The van der Waals surface area contributed by atoms with Crippen molar-refractivity contribution in [2.45, 2.75) is 25.4 Å². The van der Waals surface area contributed by atoms with Crippen LogP contribution in [0.4, 0.5) is 4.39 Å². The second kappa shape index (κ2) is 7.04. The summed E-state index contributed by atoms with van der Waals surface area (Å²) in [5, 5.41) is 12.6. The van der Waals surface area contributed by atoms with Gasteiger partial charge in [-0.05, 0) is 25.5 Å². The van der Waals surface area contributed by atoms with Crippen molar-refractivity contribution in [2.75, 3.05) is 20.3 Å². The van der Waals surface area contributed by atoms with Crippen LogP contribution in [0.2, 0.25) is 5.02 Å². The molecule has 0 bridgehead atoms. The molecule has 102 valence electrons. The third-order valence-corrected chi connectivity index (χ3v) is 3.23. The second-order valence-corrected chi connectivity index (χ2v) is 4.93. The summed E-state index contributed by atoms with van der Waals surface area (Å²) in [5.74, 6) is -0.334. The molecule has 18 heavy (non-hydrogen) atoms. The number of rotatable bonds is 7. The second-order valence-electron chi connectivity index (χ2n) is 4.52. The number of nitrogens with one attached hydrogen (secondary N) is 1. The van der Waals surface area contributed by atoms with E-state index < -0.39 is 5.54 Å². The maximum atomic E-state index is 13.6. The minimum atomic E-state index is -0.408. The summed E-state index contributed by atoms with van der Waals surface area (Å²) < 4.78 is 18.7. The molecule has 0 aliphatic rings. The normalized spacial score (nSPS) is 14.5. The first-order chi connectivity index (χ1) is 8.52. The Bertz CT molecular complexity index is 361.